The van der Waals surface area contributed by atoms with Gasteiger partial charge in [0.1, 0.15) is 0 Å². The van der Waals surface area contributed by atoms with Gasteiger partial charge in [0.25, 0.3) is 0 Å². The number of anilines is 1. The SMILES string of the molecule is Cc1cnccc1N1CCC(N2CCC(N)CC2)C1. The first-order valence-corrected chi connectivity index (χ1v) is 7.39. The zero-order valence-corrected chi connectivity index (χ0v) is 11.8. The summed E-state index contributed by atoms with van der Waals surface area (Å²) in [6, 6.07) is 3.28. The molecule has 2 N–H and O–H groups in total. The molecule has 0 aromatic carbocycles. The van der Waals surface area contributed by atoms with Gasteiger partial charge in [-0.1, -0.05) is 0 Å². The van der Waals surface area contributed by atoms with Crippen LogP contribution in [0.25, 0.3) is 0 Å². The Bertz CT molecular complexity index is 426. The molecule has 0 amide bonds. The van der Waals surface area contributed by atoms with E-state index in [4.69, 9.17) is 5.73 Å². The van der Waals surface area contributed by atoms with Crippen molar-refractivity contribution in [2.24, 2.45) is 5.73 Å². The zero-order valence-electron chi connectivity index (χ0n) is 11.8. The minimum absolute atomic E-state index is 0.427. The maximum atomic E-state index is 5.99. The van der Waals surface area contributed by atoms with Gasteiger partial charge in [-0.3, -0.25) is 9.88 Å². The summed E-state index contributed by atoms with van der Waals surface area (Å²) in [7, 11) is 0. The number of pyridine rings is 1. The van der Waals surface area contributed by atoms with E-state index in [1.54, 1.807) is 0 Å². The average Bonchev–Trinajstić information content (AvgIpc) is 2.89. The first kappa shape index (κ1) is 12.9. The Morgan fingerprint density at radius 1 is 1.21 bits per heavy atom. The van der Waals surface area contributed by atoms with Gasteiger partial charge in [0, 0.05) is 43.3 Å². The van der Waals surface area contributed by atoms with Crippen LogP contribution in [0, 0.1) is 6.92 Å². The molecule has 0 spiro atoms. The van der Waals surface area contributed by atoms with E-state index in [0.29, 0.717) is 12.1 Å². The Hall–Kier alpha value is -1.13. The molecule has 4 heteroatoms. The first-order chi connectivity index (χ1) is 9.24. The normalized spacial score (nSPS) is 26.0. The fourth-order valence-electron chi connectivity index (χ4n) is 3.36. The topological polar surface area (TPSA) is 45.4 Å². The molecule has 1 atom stereocenters. The van der Waals surface area contributed by atoms with Crippen molar-refractivity contribution in [3.63, 3.8) is 0 Å². The fraction of sp³-hybridized carbons (Fsp3) is 0.667. The summed E-state index contributed by atoms with van der Waals surface area (Å²) < 4.78 is 0. The van der Waals surface area contributed by atoms with Crippen molar-refractivity contribution in [3.05, 3.63) is 24.0 Å². The quantitative estimate of drug-likeness (QED) is 0.873. The number of aryl methyl sites for hydroxylation is 1. The number of rotatable bonds is 2. The van der Waals surface area contributed by atoms with Crippen LogP contribution in [0.4, 0.5) is 5.69 Å². The van der Waals surface area contributed by atoms with Gasteiger partial charge in [-0.15, -0.1) is 0 Å². The fourth-order valence-corrected chi connectivity index (χ4v) is 3.36. The molecule has 1 aromatic rings. The van der Waals surface area contributed by atoms with Gasteiger partial charge in [0.05, 0.1) is 0 Å². The number of piperidine rings is 1. The van der Waals surface area contributed by atoms with Crippen LogP contribution in [0.15, 0.2) is 18.5 Å². The maximum absolute atomic E-state index is 5.99. The molecule has 4 nitrogen and oxygen atoms in total. The average molecular weight is 260 g/mol. The Morgan fingerprint density at radius 3 is 2.74 bits per heavy atom. The van der Waals surface area contributed by atoms with Gasteiger partial charge >= 0.3 is 0 Å². The van der Waals surface area contributed by atoms with E-state index in [9.17, 15) is 0 Å². The van der Waals surface area contributed by atoms with Crippen LogP contribution in [-0.2, 0) is 0 Å². The zero-order chi connectivity index (χ0) is 13.2. The minimum atomic E-state index is 0.427. The molecule has 2 fully saturated rings. The van der Waals surface area contributed by atoms with Gasteiger partial charge < -0.3 is 10.6 Å². The van der Waals surface area contributed by atoms with Gasteiger partial charge in [0.2, 0.25) is 0 Å². The summed E-state index contributed by atoms with van der Waals surface area (Å²) >= 11 is 0. The Labute approximate surface area is 115 Å². The standard InChI is InChI=1S/C15H24N4/c1-12-10-17-6-2-15(12)19-9-5-14(11-19)18-7-3-13(16)4-8-18/h2,6,10,13-14H,3-5,7-9,11,16H2,1H3. The van der Waals surface area contributed by atoms with Gasteiger partial charge in [-0.25, -0.2) is 0 Å². The van der Waals surface area contributed by atoms with Gasteiger partial charge in [-0.2, -0.15) is 0 Å². The predicted molar refractivity (Wildman–Crippen MR) is 78.4 cm³/mol. The number of hydrogen-bond acceptors (Lipinski definition) is 4. The highest BCUT2D eigenvalue weighted by Crippen LogP contribution is 2.26. The molecule has 0 aliphatic carbocycles. The first-order valence-electron chi connectivity index (χ1n) is 7.39. The third-order valence-corrected chi connectivity index (χ3v) is 4.59. The van der Waals surface area contributed by atoms with E-state index in [2.05, 4.69) is 27.8 Å². The third kappa shape index (κ3) is 2.74. The van der Waals surface area contributed by atoms with Crippen molar-refractivity contribution in [2.45, 2.75) is 38.3 Å². The van der Waals surface area contributed by atoms with Crippen molar-refractivity contribution in [1.82, 2.24) is 9.88 Å². The molecule has 1 unspecified atom stereocenters. The lowest BCUT2D eigenvalue weighted by atomic mass is 10.0. The monoisotopic (exact) mass is 260 g/mol. The number of nitrogens with zero attached hydrogens (tertiary/aromatic N) is 3. The Morgan fingerprint density at radius 2 is 2.00 bits per heavy atom. The number of aromatic nitrogens is 1. The summed E-state index contributed by atoms with van der Waals surface area (Å²) in [5.74, 6) is 0. The molecule has 1 aromatic heterocycles. The van der Waals surface area contributed by atoms with Crippen LogP contribution in [0.1, 0.15) is 24.8 Å². The van der Waals surface area contributed by atoms with Crippen molar-refractivity contribution in [3.8, 4) is 0 Å². The van der Waals surface area contributed by atoms with E-state index >= 15 is 0 Å². The molecular formula is C15H24N4. The van der Waals surface area contributed by atoms with Crippen LogP contribution in [-0.4, -0.2) is 48.1 Å². The highest BCUT2D eigenvalue weighted by Gasteiger charge is 2.30. The lowest BCUT2D eigenvalue weighted by Crippen LogP contribution is -2.46. The largest absolute Gasteiger partial charge is 0.370 e. The lowest BCUT2D eigenvalue weighted by Gasteiger charge is -2.34. The van der Waals surface area contributed by atoms with E-state index in [1.165, 1.54) is 30.8 Å². The molecule has 19 heavy (non-hydrogen) atoms. The van der Waals surface area contributed by atoms with Crippen molar-refractivity contribution < 1.29 is 0 Å². The van der Waals surface area contributed by atoms with Crippen LogP contribution in [0.2, 0.25) is 0 Å². The molecule has 0 radical (unpaired) electrons. The Kier molecular flexibility index (Phi) is 3.71. The number of nitrogens with two attached hydrogens (primary N) is 1. The number of likely N-dealkylation sites (tertiary alicyclic amines) is 1. The summed E-state index contributed by atoms with van der Waals surface area (Å²) in [5.41, 5.74) is 8.62. The maximum Gasteiger partial charge on any atom is 0.0427 e. The van der Waals surface area contributed by atoms with E-state index in [1.807, 2.05) is 12.4 Å². The van der Waals surface area contributed by atoms with Crippen molar-refractivity contribution in [1.29, 1.82) is 0 Å². The van der Waals surface area contributed by atoms with Gasteiger partial charge in [0.15, 0.2) is 0 Å². The summed E-state index contributed by atoms with van der Waals surface area (Å²) in [4.78, 5) is 9.33. The molecule has 3 rings (SSSR count). The van der Waals surface area contributed by atoms with Crippen LogP contribution < -0.4 is 10.6 Å². The summed E-state index contributed by atoms with van der Waals surface area (Å²) in [6.07, 6.45) is 7.45. The van der Waals surface area contributed by atoms with Crippen LogP contribution >= 0.6 is 0 Å². The molecule has 2 aliphatic rings. The number of hydrogen-bond donors (Lipinski definition) is 1. The summed E-state index contributed by atoms with van der Waals surface area (Å²) in [6.45, 7) is 6.82. The van der Waals surface area contributed by atoms with Crippen LogP contribution in [0.3, 0.4) is 0 Å². The molecule has 3 heterocycles. The second-order valence-electron chi connectivity index (χ2n) is 5.92. The van der Waals surface area contributed by atoms with Crippen molar-refractivity contribution in [2.75, 3.05) is 31.1 Å². The predicted octanol–water partition coefficient (Wildman–Crippen LogP) is 1.39. The minimum Gasteiger partial charge on any atom is -0.370 e. The smallest absolute Gasteiger partial charge is 0.0427 e. The molecule has 2 saturated heterocycles. The van der Waals surface area contributed by atoms with Crippen molar-refractivity contribution >= 4 is 5.69 Å². The molecule has 0 bridgehead atoms. The third-order valence-electron chi connectivity index (χ3n) is 4.59. The highest BCUT2D eigenvalue weighted by molar-refractivity contribution is 5.52. The highest BCUT2D eigenvalue weighted by atomic mass is 15.3. The van der Waals surface area contributed by atoms with Gasteiger partial charge in [-0.05, 0) is 50.9 Å². The molecule has 2 aliphatic heterocycles. The lowest BCUT2D eigenvalue weighted by molar-refractivity contribution is 0.163. The molecule has 0 saturated carbocycles. The summed E-state index contributed by atoms with van der Waals surface area (Å²) in [5, 5.41) is 0. The van der Waals surface area contributed by atoms with Crippen LogP contribution in [0.5, 0.6) is 0 Å². The second-order valence-corrected chi connectivity index (χ2v) is 5.92. The Balaban J connectivity index is 1.63. The van der Waals surface area contributed by atoms with E-state index in [-0.39, 0.29) is 0 Å². The molecular weight excluding hydrogens is 236 g/mol. The second kappa shape index (κ2) is 5.47. The van der Waals surface area contributed by atoms with E-state index < -0.39 is 0 Å². The van der Waals surface area contributed by atoms with E-state index in [0.717, 1.165) is 25.9 Å². The molecule has 104 valence electrons.